The molecule has 0 radical (unpaired) electrons. The molecule has 118 valence electrons. The van der Waals surface area contributed by atoms with E-state index in [4.69, 9.17) is 4.42 Å². The summed E-state index contributed by atoms with van der Waals surface area (Å²) >= 11 is 0. The molecule has 5 nitrogen and oxygen atoms in total. The molecule has 4 aromatic rings. The van der Waals surface area contributed by atoms with Crippen molar-refractivity contribution in [2.75, 3.05) is 0 Å². The van der Waals surface area contributed by atoms with Gasteiger partial charge in [-0.15, -0.1) is 0 Å². The van der Waals surface area contributed by atoms with Crippen LogP contribution < -0.4 is 11.2 Å². The van der Waals surface area contributed by atoms with Crippen molar-refractivity contribution in [3.8, 4) is 11.1 Å². The third-order valence-corrected chi connectivity index (χ3v) is 3.97. The number of hydrogen-bond acceptors (Lipinski definition) is 3. The van der Waals surface area contributed by atoms with Crippen LogP contribution in [0.2, 0.25) is 0 Å². The van der Waals surface area contributed by atoms with Crippen molar-refractivity contribution in [2.24, 2.45) is 0 Å². The van der Waals surface area contributed by atoms with Crippen LogP contribution in [0.3, 0.4) is 0 Å². The van der Waals surface area contributed by atoms with Crippen LogP contribution in [0, 0.1) is 0 Å². The molecule has 4 rings (SSSR count). The largest absolute Gasteiger partial charge is 0.464 e. The van der Waals surface area contributed by atoms with Gasteiger partial charge in [0.2, 0.25) is 0 Å². The molecule has 0 amide bonds. The maximum atomic E-state index is 11.8. The molecular weight excluding hydrogens is 304 g/mol. The zero-order valence-electron chi connectivity index (χ0n) is 12.7. The third kappa shape index (κ3) is 2.56. The lowest BCUT2D eigenvalue weighted by Gasteiger charge is -2.08. The van der Waals surface area contributed by atoms with Crippen molar-refractivity contribution in [2.45, 2.75) is 6.54 Å². The number of benzene rings is 2. The zero-order chi connectivity index (χ0) is 16.5. The van der Waals surface area contributed by atoms with Gasteiger partial charge in [0.25, 0.3) is 5.56 Å². The molecule has 0 saturated carbocycles. The molecule has 1 N–H and O–H groups in total. The fourth-order valence-corrected chi connectivity index (χ4v) is 2.82. The monoisotopic (exact) mass is 318 g/mol. The van der Waals surface area contributed by atoms with Crippen molar-refractivity contribution < 1.29 is 4.42 Å². The first-order valence-corrected chi connectivity index (χ1v) is 7.56. The molecule has 0 unspecified atom stereocenters. The highest BCUT2D eigenvalue weighted by Crippen LogP contribution is 2.29. The van der Waals surface area contributed by atoms with E-state index in [2.05, 4.69) is 4.98 Å². The second kappa shape index (κ2) is 5.70. The molecule has 24 heavy (non-hydrogen) atoms. The van der Waals surface area contributed by atoms with Gasteiger partial charge in [0, 0.05) is 23.2 Å². The number of para-hydroxylation sites is 1. The van der Waals surface area contributed by atoms with Crippen molar-refractivity contribution in [1.82, 2.24) is 9.55 Å². The van der Waals surface area contributed by atoms with Gasteiger partial charge in [-0.3, -0.25) is 14.3 Å². The van der Waals surface area contributed by atoms with E-state index in [-0.39, 0.29) is 0 Å². The molecule has 0 spiro atoms. The van der Waals surface area contributed by atoms with Crippen LogP contribution in [-0.2, 0) is 6.54 Å². The van der Waals surface area contributed by atoms with Gasteiger partial charge in [0.1, 0.15) is 5.58 Å². The Hall–Kier alpha value is -3.34. The molecule has 0 fully saturated rings. The highest BCUT2D eigenvalue weighted by molar-refractivity contribution is 5.92. The lowest BCUT2D eigenvalue weighted by Crippen LogP contribution is -2.28. The normalized spacial score (nSPS) is 11.0. The summed E-state index contributed by atoms with van der Waals surface area (Å²) in [6.45, 7) is 0.386. The fraction of sp³-hybridized carbons (Fsp3) is 0.0526. The van der Waals surface area contributed by atoms with Crippen LogP contribution in [-0.4, -0.2) is 9.55 Å². The molecule has 2 heterocycles. The minimum atomic E-state index is -0.416. The van der Waals surface area contributed by atoms with E-state index < -0.39 is 11.2 Å². The summed E-state index contributed by atoms with van der Waals surface area (Å²) < 4.78 is 7.07. The fourth-order valence-electron chi connectivity index (χ4n) is 2.82. The number of aromatic nitrogens is 2. The SMILES string of the molecule is O=c1ccn(Cc2cccc(-c3cccc4ccoc34)c2)c(=O)[nH]1. The summed E-state index contributed by atoms with van der Waals surface area (Å²) in [5, 5.41) is 1.05. The van der Waals surface area contributed by atoms with Crippen LogP contribution in [0.1, 0.15) is 5.56 Å². The molecule has 0 saturated heterocycles. The van der Waals surface area contributed by atoms with E-state index in [0.717, 1.165) is 27.7 Å². The number of H-pyrrole nitrogens is 1. The summed E-state index contributed by atoms with van der Waals surface area (Å²) in [6, 6.07) is 17.2. The molecule has 0 aliphatic carbocycles. The summed E-state index contributed by atoms with van der Waals surface area (Å²) in [4.78, 5) is 25.2. The lowest BCUT2D eigenvalue weighted by molar-refractivity contribution is 0.617. The number of hydrogen-bond donors (Lipinski definition) is 1. The topological polar surface area (TPSA) is 68.0 Å². The van der Waals surface area contributed by atoms with Gasteiger partial charge in [-0.2, -0.15) is 0 Å². The third-order valence-electron chi connectivity index (χ3n) is 3.97. The predicted molar refractivity (Wildman–Crippen MR) is 92.1 cm³/mol. The van der Waals surface area contributed by atoms with Gasteiger partial charge in [-0.1, -0.05) is 36.4 Å². The van der Waals surface area contributed by atoms with E-state index in [1.165, 1.54) is 16.8 Å². The summed E-state index contributed by atoms with van der Waals surface area (Å²) in [5.74, 6) is 0. The Morgan fingerprint density at radius 2 is 1.88 bits per heavy atom. The summed E-state index contributed by atoms with van der Waals surface area (Å²) in [7, 11) is 0. The number of aromatic amines is 1. The van der Waals surface area contributed by atoms with Crippen LogP contribution >= 0.6 is 0 Å². The Morgan fingerprint density at radius 1 is 1.00 bits per heavy atom. The van der Waals surface area contributed by atoms with E-state index in [9.17, 15) is 9.59 Å². The molecule has 5 heteroatoms. The number of nitrogens with one attached hydrogen (secondary N) is 1. The van der Waals surface area contributed by atoms with Crippen LogP contribution in [0.15, 0.2) is 81.1 Å². The van der Waals surface area contributed by atoms with Crippen molar-refractivity contribution >= 4 is 11.0 Å². The van der Waals surface area contributed by atoms with Gasteiger partial charge in [0.15, 0.2) is 0 Å². The van der Waals surface area contributed by atoms with E-state index in [1.807, 2.05) is 48.5 Å². The Labute approximate surface area is 136 Å². The highest BCUT2D eigenvalue weighted by Gasteiger charge is 2.07. The van der Waals surface area contributed by atoms with E-state index in [0.29, 0.717) is 6.54 Å². The second-order valence-corrected chi connectivity index (χ2v) is 5.58. The predicted octanol–water partition coefficient (Wildman–Crippen LogP) is 3.00. The van der Waals surface area contributed by atoms with Gasteiger partial charge < -0.3 is 4.42 Å². The van der Waals surface area contributed by atoms with Crippen LogP contribution in [0.5, 0.6) is 0 Å². The number of nitrogens with zero attached hydrogens (tertiary/aromatic N) is 1. The van der Waals surface area contributed by atoms with E-state index in [1.54, 1.807) is 6.26 Å². The second-order valence-electron chi connectivity index (χ2n) is 5.58. The minimum absolute atomic E-state index is 0.386. The Bertz CT molecular complexity index is 1130. The maximum absolute atomic E-state index is 11.8. The number of fused-ring (bicyclic) bond motifs is 1. The quantitative estimate of drug-likeness (QED) is 0.631. The first-order valence-electron chi connectivity index (χ1n) is 7.56. The standard InChI is InChI=1S/C19H14N2O3/c22-17-7-9-21(19(23)20-17)12-13-3-1-5-15(11-13)16-6-2-4-14-8-10-24-18(14)16/h1-11H,12H2,(H,20,22,23). The Morgan fingerprint density at radius 3 is 2.75 bits per heavy atom. The molecule has 2 aromatic heterocycles. The van der Waals surface area contributed by atoms with E-state index >= 15 is 0 Å². The van der Waals surface area contributed by atoms with Crippen molar-refractivity contribution in [1.29, 1.82) is 0 Å². The van der Waals surface area contributed by atoms with Crippen molar-refractivity contribution in [3.63, 3.8) is 0 Å². The smallest absolute Gasteiger partial charge is 0.328 e. The molecule has 0 bridgehead atoms. The zero-order valence-corrected chi connectivity index (χ0v) is 12.7. The number of furan rings is 1. The van der Waals surface area contributed by atoms with Crippen LogP contribution in [0.25, 0.3) is 22.1 Å². The molecular formula is C19H14N2O3. The molecule has 0 aliphatic heterocycles. The molecule has 0 atom stereocenters. The minimum Gasteiger partial charge on any atom is -0.464 e. The average Bonchev–Trinajstić information content (AvgIpc) is 3.06. The first kappa shape index (κ1) is 14.3. The van der Waals surface area contributed by atoms with Gasteiger partial charge in [0.05, 0.1) is 12.8 Å². The summed E-state index contributed by atoms with van der Waals surface area (Å²) in [6.07, 6.45) is 3.18. The highest BCUT2D eigenvalue weighted by atomic mass is 16.3. The van der Waals surface area contributed by atoms with Gasteiger partial charge in [-0.05, 0) is 23.3 Å². The maximum Gasteiger partial charge on any atom is 0.328 e. The number of rotatable bonds is 3. The Balaban J connectivity index is 1.75. The summed E-state index contributed by atoms with van der Waals surface area (Å²) in [5.41, 5.74) is 3.02. The van der Waals surface area contributed by atoms with Gasteiger partial charge >= 0.3 is 5.69 Å². The average molecular weight is 318 g/mol. The van der Waals surface area contributed by atoms with Crippen molar-refractivity contribution in [3.05, 3.63) is 93.5 Å². The molecule has 0 aliphatic rings. The van der Waals surface area contributed by atoms with Gasteiger partial charge in [-0.25, -0.2) is 4.79 Å². The molecule has 2 aromatic carbocycles. The Kier molecular flexibility index (Phi) is 3.39. The lowest BCUT2D eigenvalue weighted by atomic mass is 10.0. The first-order chi connectivity index (χ1) is 11.7. The van der Waals surface area contributed by atoms with Crippen LogP contribution in [0.4, 0.5) is 0 Å².